The molecule has 0 bridgehead atoms. The minimum Gasteiger partial charge on any atom is -0.294 e. The van der Waals surface area contributed by atoms with Gasteiger partial charge < -0.3 is 0 Å². The number of carbonyl (C=O) groups is 1. The van der Waals surface area contributed by atoms with Gasteiger partial charge in [-0.2, -0.15) is 0 Å². The first-order valence-corrected chi connectivity index (χ1v) is 1.99. The lowest BCUT2D eigenvalue weighted by atomic mass is 9.96. The molecule has 0 atom stereocenters. The first kappa shape index (κ1) is 1.99. The van der Waals surface area contributed by atoms with Gasteiger partial charge in [0.15, 0.2) is 0 Å². The number of hydrogen-bond donors (Lipinski definition) is 2. The van der Waals surface area contributed by atoms with Crippen LogP contribution in [-0.2, 0) is 4.79 Å². The molecule has 0 unspecified atom stereocenters. The van der Waals surface area contributed by atoms with Gasteiger partial charge in [-0.25, -0.2) is 5.84 Å². The van der Waals surface area contributed by atoms with Crippen LogP contribution in [0.4, 0.5) is 0 Å². The summed E-state index contributed by atoms with van der Waals surface area (Å²) in [5.74, 6) is 3.53. The standard InChI is InChI=1S/C5H12N2O/c1-5(2,3)4(8)7-6/h6H2,1-3H3,(H,7,8)/i1D3,2D3. The molecule has 3 nitrogen and oxygen atoms in total. The fourth-order valence-electron chi connectivity index (χ4n) is 0.144. The third-order valence-corrected chi connectivity index (χ3v) is 0.585. The van der Waals surface area contributed by atoms with E-state index in [2.05, 4.69) is 0 Å². The summed E-state index contributed by atoms with van der Waals surface area (Å²) >= 11 is 0. The van der Waals surface area contributed by atoms with E-state index in [4.69, 9.17) is 14.1 Å². The van der Waals surface area contributed by atoms with Crippen LogP contribution in [0.15, 0.2) is 0 Å². The van der Waals surface area contributed by atoms with Crippen LogP contribution in [0.1, 0.15) is 28.9 Å². The second-order valence-corrected chi connectivity index (χ2v) is 1.60. The van der Waals surface area contributed by atoms with E-state index in [1.165, 1.54) is 0 Å². The van der Waals surface area contributed by atoms with Gasteiger partial charge in [0.2, 0.25) is 5.91 Å². The van der Waals surface area contributed by atoms with Crippen molar-refractivity contribution in [3.05, 3.63) is 0 Å². The predicted octanol–water partition coefficient (Wildman–Crippen LogP) is 0.0224. The molecule has 3 N–H and O–H groups in total. The molecule has 1 amide bonds. The summed E-state index contributed by atoms with van der Waals surface area (Å²) in [7, 11) is 0. The van der Waals surface area contributed by atoms with Crippen molar-refractivity contribution in [2.45, 2.75) is 20.6 Å². The lowest BCUT2D eigenvalue weighted by Crippen LogP contribution is -2.39. The first-order valence-electron chi connectivity index (χ1n) is 4.99. The van der Waals surface area contributed by atoms with Crippen LogP contribution in [0.2, 0.25) is 0 Å². The quantitative estimate of drug-likeness (QED) is 0.270. The van der Waals surface area contributed by atoms with Crippen LogP contribution in [-0.4, -0.2) is 5.91 Å². The highest BCUT2D eigenvalue weighted by molar-refractivity contribution is 5.80. The number of carbonyl (C=O) groups excluding carboxylic acids is 1. The van der Waals surface area contributed by atoms with Crippen molar-refractivity contribution in [3.8, 4) is 0 Å². The minimum absolute atomic E-state index is 0.842. The summed E-state index contributed by atoms with van der Waals surface area (Å²) in [5, 5.41) is 0. The second kappa shape index (κ2) is 2.13. The zero-order valence-corrected chi connectivity index (χ0v) is 4.49. The molecule has 0 radical (unpaired) electrons. The van der Waals surface area contributed by atoms with E-state index in [0.717, 1.165) is 6.92 Å². The Bertz CT molecular complexity index is 217. The summed E-state index contributed by atoms with van der Waals surface area (Å²) < 4.78 is 42.2. The molecule has 0 aliphatic carbocycles. The molecule has 0 aromatic rings. The molecule has 0 spiro atoms. The number of hydrogen-bond acceptors (Lipinski definition) is 2. The molecular formula is C5H12N2O. The Balaban J connectivity index is 5.40. The largest absolute Gasteiger partial charge is 0.294 e. The Hall–Kier alpha value is -0.570. The van der Waals surface area contributed by atoms with Gasteiger partial charge in [0.05, 0.1) is 0 Å². The Morgan fingerprint density at radius 3 is 2.50 bits per heavy atom. The van der Waals surface area contributed by atoms with E-state index >= 15 is 0 Å². The number of nitrogens with two attached hydrogens (primary N) is 1. The fraction of sp³-hybridized carbons (Fsp3) is 0.800. The lowest BCUT2D eigenvalue weighted by Gasteiger charge is -2.14. The van der Waals surface area contributed by atoms with E-state index in [-0.39, 0.29) is 0 Å². The van der Waals surface area contributed by atoms with Gasteiger partial charge in [0, 0.05) is 13.6 Å². The fourth-order valence-corrected chi connectivity index (χ4v) is 0.144. The monoisotopic (exact) mass is 122 g/mol. The van der Waals surface area contributed by atoms with Crippen molar-refractivity contribution in [2.24, 2.45) is 11.3 Å². The number of amides is 1. The second-order valence-electron chi connectivity index (χ2n) is 1.60. The van der Waals surface area contributed by atoms with E-state index in [9.17, 15) is 4.79 Å². The molecule has 0 heterocycles. The van der Waals surface area contributed by atoms with Crippen LogP contribution in [0, 0.1) is 5.41 Å². The van der Waals surface area contributed by atoms with Crippen molar-refractivity contribution in [3.63, 3.8) is 0 Å². The summed E-state index contributed by atoms with van der Waals surface area (Å²) in [6.07, 6.45) is 0. The van der Waals surface area contributed by atoms with Crippen LogP contribution in [0.25, 0.3) is 0 Å². The Morgan fingerprint density at radius 1 is 1.88 bits per heavy atom. The summed E-state index contributed by atoms with van der Waals surface area (Å²) in [5.41, 5.74) is -0.932. The summed E-state index contributed by atoms with van der Waals surface area (Å²) in [4.78, 5) is 11.2. The van der Waals surface area contributed by atoms with E-state index in [1.807, 2.05) is 0 Å². The van der Waals surface area contributed by atoms with E-state index < -0.39 is 25.0 Å². The Kier molecular flexibility index (Phi) is 0.530. The van der Waals surface area contributed by atoms with Crippen molar-refractivity contribution < 1.29 is 13.0 Å². The molecule has 0 aliphatic rings. The molecule has 0 aromatic heterocycles. The highest BCUT2D eigenvalue weighted by Gasteiger charge is 2.19. The molecule has 0 saturated carbocycles. The summed E-state index contributed by atoms with van der Waals surface area (Å²) in [6, 6.07) is 0. The number of hydrazine groups is 1. The molecule has 0 aliphatic heterocycles. The molecule has 0 fully saturated rings. The van der Waals surface area contributed by atoms with Gasteiger partial charge in [-0.15, -0.1) is 0 Å². The van der Waals surface area contributed by atoms with Gasteiger partial charge in [-0.05, 0) is 0 Å². The van der Waals surface area contributed by atoms with Crippen LogP contribution in [0.3, 0.4) is 0 Å². The zero-order valence-electron chi connectivity index (χ0n) is 10.5. The maximum Gasteiger partial charge on any atom is 0.239 e. The van der Waals surface area contributed by atoms with Gasteiger partial charge in [-0.1, -0.05) is 20.6 Å². The molecule has 3 heteroatoms. The molecular weight excluding hydrogens is 104 g/mol. The van der Waals surface area contributed by atoms with Crippen LogP contribution in [0.5, 0.6) is 0 Å². The molecule has 0 rings (SSSR count). The van der Waals surface area contributed by atoms with Crippen LogP contribution >= 0.6 is 0 Å². The zero-order chi connectivity index (χ0) is 11.8. The van der Waals surface area contributed by atoms with Crippen molar-refractivity contribution >= 4 is 5.91 Å². The molecule has 0 aromatic carbocycles. The normalized spacial score (nSPS) is 25.2. The predicted molar refractivity (Wildman–Crippen MR) is 31.8 cm³/mol. The average Bonchev–Trinajstić information content (AvgIpc) is 1.97. The maximum absolute atomic E-state index is 11.2. The third kappa shape index (κ3) is 1.93. The summed E-state index contributed by atoms with van der Waals surface area (Å²) in [6.45, 7) is -5.04. The smallest absolute Gasteiger partial charge is 0.239 e. The third-order valence-electron chi connectivity index (χ3n) is 0.585. The average molecular weight is 122 g/mol. The highest BCUT2D eigenvalue weighted by Crippen LogP contribution is 2.10. The van der Waals surface area contributed by atoms with Gasteiger partial charge in [-0.3, -0.25) is 10.2 Å². The Labute approximate surface area is 57.7 Å². The van der Waals surface area contributed by atoms with E-state index in [1.54, 1.807) is 5.43 Å². The number of rotatable bonds is 0. The first-order chi connectivity index (χ1) is 5.98. The van der Waals surface area contributed by atoms with Crippen molar-refractivity contribution in [2.75, 3.05) is 0 Å². The maximum atomic E-state index is 11.2. The minimum atomic E-state index is -2.94. The number of nitrogens with one attached hydrogen (secondary N) is 1. The van der Waals surface area contributed by atoms with Crippen LogP contribution < -0.4 is 11.3 Å². The SMILES string of the molecule is [2H]C([2H])([2H])C(C)(C(=O)NN)C([2H])([2H])[2H]. The molecule has 48 valence electrons. The van der Waals surface area contributed by atoms with Crippen molar-refractivity contribution in [1.82, 2.24) is 5.43 Å². The Morgan fingerprint density at radius 2 is 2.38 bits per heavy atom. The highest BCUT2D eigenvalue weighted by atomic mass is 16.2. The van der Waals surface area contributed by atoms with Gasteiger partial charge in [0.1, 0.15) is 0 Å². The van der Waals surface area contributed by atoms with Gasteiger partial charge in [0.25, 0.3) is 0 Å². The van der Waals surface area contributed by atoms with Crippen molar-refractivity contribution in [1.29, 1.82) is 0 Å². The van der Waals surface area contributed by atoms with E-state index in [0.29, 0.717) is 0 Å². The lowest BCUT2D eigenvalue weighted by molar-refractivity contribution is -0.128. The van der Waals surface area contributed by atoms with Gasteiger partial charge >= 0.3 is 0 Å². The molecule has 8 heavy (non-hydrogen) atoms. The topological polar surface area (TPSA) is 55.1 Å². The molecule has 0 saturated heterocycles.